The van der Waals surface area contributed by atoms with E-state index in [4.69, 9.17) is 5.26 Å². The van der Waals surface area contributed by atoms with Crippen LogP contribution < -0.4 is 5.32 Å². The number of nitriles is 1. The summed E-state index contributed by atoms with van der Waals surface area (Å²) in [5, 5.41) is 12.6. The van der Waals surface area contributed by atoms with E-state index in [2.05, 4.69) is 16.4 Å². The maximum Gasteiger partial charge on any atom is 0.126 e. The van der Waals surface area contributed by atoms with Gasteiger partial charge in [0.05, 0.1) is 11.6 Å². The summed E-state index contributed by atoms with van der Waals surface area (Å²) in [5.74, 6) is 0.926. The molecule has 1 saturated carbocycles. The van der Waals surface area contributed by atoms with Crippen LogP contribution in [0.15, 0.2) is 42.6 Å². The van der Waals surface area contributed by atoms with Gasteiger partial charge in [-0.25, -0.2) is 4.98 Å². The number of anilines is 1. The highest BCUT2D eigenvalue weighted by Gasteiger charge is 2.14. The van der Waals surface area contributed by atoms with Gasteiger partial charge in [0.2, 0.25) is 0 Å². The summed E-state index contributed by atoms with van der Waals surface area (Å²) in [4.78, 5) is 4.47. The molecule has 1 fully saturated rings. The highest BCUT2D eigenvalue weighted by molar-refractivity contribution is 5.70. The fourth-order valence-corrected chi connectivity index (χ4v) is 2.75. The zero-order chi connectivity index (χ0) is 13.8. The number of nitrogens with one attached hydrogen (secondary N) is 1. The molecule has 0 radical (unpaired) electrons. The highest BCUT2D eigenvalue weighted by Crippen LogP contribution is 2.25. The monoisotopic (exact) mass is 263 g/mol. The normalized spacial score (nSPS) is 14.9. The first kappa shape index (κ1) is 12.7. The van der Waals surface area contributed by atoms with E-state index in [1.165, 1.54) is 25.7 Å². The van der Waals surface area contributed by atoms with Gasteiger partial charge in [-0.2, -0.15) is 5.26 Å². The van der Waals surface area contributed by atoms with Crippen molar-refractivity contribution < 1.29 is 0 Å². The minimum absolute atomic E-state index is 0.569. The first-order valence-electron chi connectivity index (χ1n) is 7.09. The summed E-state index contributed by atoms with van der Waals surface area (Å²) >= 11 is 0. The number of hydrogen-bond donors (Lipinski definition) is 1. The maximum atomic E-state index is 9.14. The first-order chi connectivity index (χ1) is 9.86. The fraction of sp³-hybridized carbons (Fsp3) is 0.294. The molecule has 0 spiro atoms. The smallest absolute Gasteiger partial charge is 0.126 e. The van der Waals surface area contributed by atoms with Crippen LogP contribution in [-0.4, -0.2) is 11.0 Å². The Balaban J connectivity index is 1.80. The lowest BCUT2D eigenvalue weighted by atomic mass is 10.0. The Morgan fingerprint density at radius 1 is 1.10 bits per heavy atom. The average molecular weight is 263 g/mol. The Kier molecular flexibility index (Phi) is 3.64. The summed E-state index contributed by atoms with van der Waals surface area (Å²) < 4.78 is 0. The summed E-state index contributed by atoms with van der Waals surface area (Å²) in [6.07, 6.45) is 6.94. The minimum Gasteiger partial charge on any atom is -0.367 e. The molecule has 1 N–H and O–H groups in total. The van der Waals surface area contributed by atoms with Crippen LogP contribution >= 0.6 is 0 Å². The van der Waals surface area contributed by atoms with Crippen LogP contribution in [0.3, 0.4) is 0 Å². The molecule has 20 heavy (non-hydrogen) atoms. The maximum absolute atomic E-state index is 9.14. The molecule has 0 aliphatic heterocycles. The lowest BCUT2D eigenvalue weighted by Crippen LogP contribution is -2.15. The molecule has 0 bridgehead atoms. The lowest BCUT2D eigenvalue weighted by molar-refractivity contribution is 0.750. The van der Waals surface area contributed by atoms with Crippen LogP contribution in [0.1, 0.15) is 31.2 Å². The molecule has 2 aromatic rings. The van der Waals surface area contributed by atoms with E-state index < -0.39 is 0 Å². The molecule has 0 saturated heterocycles. The fourth-order valence-electron chi connectivity index (χ4n) is 2.75. The number of pyridine rings is 1. The number of benzene rings is 1. The van der Waals surface area contributed by atoms with Crippen molar-refractivity contribution in [2.24, 2.45) is 0 Å². The van der Waals surface area contributed by atoms with Gasteiger partial charge >= 0.3 is 0 Å². The van der Waals surface area contributed by atoms with Gasteiger partial charge in [-0.15, -0.1) is 0 Å². The predicted molar refractivity (Wildman–Crippen MR) is 80.3 cm³/mol. The molecular weight excluding hydrogens is 246 g/mol. The second-order valence-corrected chi connectivity index (χ2v) is 5.22. The summed E-state index contributed by atoms with van der Waals surface area (Å²) in [6.45, 7) is 0. The van der Waals surface area contributed by atoms with E-state index >= 15 is 0 Å². The van der Waals surface area contributed by atoms with Crippen LogP contribution in [-0.2, 0) is 0 Å². The van der Waals surface area contributed by atoms with E-state index in [0.29, 0.717) is 11.6 Å². The van der Waals surface area contributed by atoms with Crippen LogP contribution in [0.25, 0.3) is 11.1 Å². The van der Waals surface area contributed by atoms with Crippen molar-refractivity contribution in [2.45, 2.75) is 31.7 Å². The van der Waals surface area contributed by atoms with Gasteiger partial charge in [-0.05, 0) is 31.0 Å². The average Bonchev–Trinajstić information content (AvgIpc) is 3.01. The SMILES string of the molecule is N#Cc1ccccc1-c1ccc(NC2CCCC2)nc1. The summed E-state index contributed by atoms with van der Waals surface area (Å²) in [5.41, 5.74) is 2.61. The van der Waals surface area contributed by atoms with Crippen molar-refractivity contribution in [1.82, 2.24) is 4.98 Å². The predicted octanol–water partition coefficient (Wildman–Crippen LogP) is 3.97. The number of aromatic nitrogens is 1. The molecule has 1 heterocycles. The minimum atomic E-state index is 0.569. The Labute approximate surface area is 119 Å². The van der Waals surface area contributed by atoms with Gasteiger partial charge < -0.3 is 5.32 Å². The zero-order valence-electron chi connectivity index (χ0n) is 11.3. The largest absolute Gasteiger partial charge is 0.367 e. The van der Waals surface area contributed by atoms with E-state index in [9.17, 15) is 0 Å². The van der Waals surface area contributed by atoms with Gasteiger partial charge in [-0.3, -0.25) is 0 Å². The molecule has 100 valence electrons. The standard InChI is InChI=1S/C17H17N3/c18-11-13-5-1-4-8-16(13)14-9-10-17(19-12-14)20-15-6-2-3-7-15/h1,4-5,8-10,12,15H,2-3,6-7H2,(H,19,20). The van der Waals surface area contributed by atoms with Crippen LogP contribution in [0.5, 0.6) is 0 Å². The molecule has 3 rings (SSSR count). The quantitative estimate of drug-likeness (QED) is 0.911. The van der Waals surface area contributed by atoms with E-state index in [-0.39, 0.29) is 0 Å². The van der Waals surface area contributed by atoms with Gasteiger partial charge in [0, 0.05) is 23.4 Å². The van der Waals surface area contributed by atoms with Gasteiger partial charge in [-0.1, -0.05) is 31.0 Å². The Morgan fingerprint density at radius 3 is 2.60 bits per heavy atom. The third-order valence-electron chi connectivity index (χ3n) is 3.83. The molecule has 0 amide bonds. The second kappa shape index (κ2) is 5.75. The molecule has 1 aromatic carbocycles. The van der Waals surface area contributed by atoms with Crippen molar-refractivity contribution in [2.75, 3.05) is 5.32 Å². The second-order valence-electron chi connectivity index (χ2n) is 5.22. The third kappa shape index (κ3) is 2.65. The molecule has 1 aliphatic carbocycles. The van der Waals surface area contributed by atoms with Gasteiger partial charge in [0.25, 0.3) is 0 Å². The molecule has 3 nitrogen and oxygen atoms in total. The Bertz CT molecular complexity index is 619. The van der Waals surface area contributed by atoms with Crippen molar-refractivity contribution in [3.8, 4) is 17.2 Å². The van der Waals surface area contributed by atoms with Crippen LogP contribution in [0.4, 0.5) is 5.82 Å². The Hall–Kier alpha value is -2.34. The lowest BCUT2D eigenvalue weighted by Gasteiger charge is -2.13. The molecule has 0 atom stereocenters. The van der Waals surface area contributed by atoms with E-state index in [0.717, 1.165) is 16.9 Å². The van der Waals surface area contributed by atoms with Crippen molar-refractivity contribution in [3.05, 3.63) is 48.2 Å². The first-order valence-corrected chi connectivity index (χ1v) is 7.09. The summed E-state index contributed by atoms with van der Waals surface area (Å²) in [6, 6.07) is 14.4. The van der Waals surface area contributed by atoms with Crippen molar-refractivity contribution >= 4 is 5.82 Å². The van der Waals surface area contributed by atoms with Crippen LogP contribution in [0, 0.1) is 11.3 Å². The number of hydrogen-bond acceptors (Lipinski definition) is 3. The van der Waals surface area contributed by atoms with E-state index in [1.807, 2.05) is 42.6 Å². The Morgan fingerprint density at radius 2 is 1.90 bits per heavy atom. The third-order valence-corrected chi connectivity index (χ3v) is 3.83. The molecule has 1 aromatic heterocycles. The summed E-state index contributed by atoms with van der Waals surface area (Å²) in [7, 11) is 0. The molecule has 3 heteroatoms. The zero-order valence-corrected chi connectivity index (χ0v) is 11.3. The van der Waals surface area contributed by atoms with Crippen molar-refractivity contribution in [3.63, 3.8) is 0 Å². The van der Waals surface area contributed by atoms with Gasteiger partial charge in [0.15, 0.2) is 0 Å². The molecule has 1 aliphatic rings. The highest BCUT2D eigenvalue weighted by atomic mass is 15.0. The number of nitrogens with zero attached hydrogens (tertiary/aromatic N) is 2. The van der Waals surface area contributed by atoms with Gasteiger partial charge in [0.1, 0.15) is 5.82 Å². The van der Waals surface area contributed by atoms with E-state index in [1.54, 1.807) is 0 Å². The molecular formula is C17H17N3. The van der Waals surface area contributed by atoms with Crippen LogP contribution in [0.2, 0.25) is 0 Å². The number of rotatable bonds is 3. The van der Waals surface area contributed by atoms with Crippen molar-refractivity contribution in [1.29, 1.82) is 5.26 Å². The topological polar surface area (TPSA) is 48.7 Å². The molecule has 0 unspecified atom stereocenters.